The molecule has 0 amide bonds. The SMILES string of the molecule is CCN1CCN(Cc2cnc(Nc3cc(-c4cc(F)c5nc(C)n(C(C)C)c5c4)ncn3)cc2Cl)CC1. The molecule has 37 heavy (non-hydrogen) atoms. The molecule has 4 heterocycles. The van der Waals surface area contributed by atoms with E-state index >= 15 is 0 Å². The first kappa shape index (κ1) is 25.5. The van der Waals surface area contributed by atoms with Crippen LogP contribution in [0.4, 0.5) is 16.0 Å². The van der Waals surface area contributed by atoms with Crippen molar-refractivity contribution in [3.05, 3.63) is 59.0 Å². The highest BCUT2D eigenvalue weighted by Crippen LogP contribution is 2.30. The molecule has 0 aliphatic carbocycles. The van der Waals surface area contributed by atoms with Gasteiger partial charge < -0.3 is 14.8 Å². The number of nitrogens with zero attached hydrogens (tertiary/aromatic N) is 7. The summed E-state index contributed by atoms with van der Waals surface area (Å²) in [6.45, 7) is 14.3. The van der Waals surface area contributed by atoms with Crippen molar-refractivity contribution in [2.45, 2.75) is 40.3 Å². The molecule has 1 saturated heterocycles. The van der Waals surface area contributed by atoms with Crippen LogP contribution < -0.4 is 5.32 Å². The van der Waals surface area contributed by atoms with Crippen LogP contribution in [-0.4, -0.2) is 67.0 Å². The number of pyridine rings is 1. The highest BCUT2D eigenvalue weighted by molar-refractivity contribution is 6.31. The average Bonchev–Trinajstić information content (AvgIpc) is 3.23. The molecule has 3 aromatic heterocycles. The number of aromatic nitrogens is 5. The zero-order valence-corrected chi connectivity index (χ0v) is 22.4. The van der Waals surface area contributed by atoms with Crippen molar-refractivity contribution in [2.75, 3.05) is 38.0 Å². The molecule has 10 heteroatoms. The van der Waals surface area contributed by atoms with E-state index in [9.17, 15) is 4.39 Å². The summed E-state index contributed by atoms with van der Waals surface area (Å²) < 4.78 is 17.0. The summed E-state index contributed by atoms with van der Waals surface area (Å²) in [5, 5.41) is 3.87. The van der Waals surface area contributed by atoms with Crippen LogP contribution in [0.5, 0.6) is 0 Å². The number of imidazole rings is 1. The molecule has 1 N–H and O–H groups in total. The van der Waals surface area contributed by atoms with Gasteiger partial charge in [0, 0.05) is 62.2 Å². The minimum Gasteiger partial charge on any atom is -0.326 e. The Labute approximate surface area is 221 Å². The summed E-state index contributed by atoms with van der Waals surface area (Å²) in [6.07, 6.45) is 3.27. The molecule has 0 bridgehead atoms. The number of fused-ring (bicyclic) bond motifs is 1. The minimum absolute atomic E-state index is 0.155. The van der Waals surface area contributed by atoms with Gasteiger partial charge in [0.05, 0.1) is 16.2 Å². The van der Waals surface area contributed by atoms with Crippen LogP contribution in [0.25, 0.3) is 22.3 Å². The molecule has 8 nitrogen and oxygen atoms in total. The average molecular weight is 523 g/mol. The van der Waals surface area contributed by atoms with E-state index in [1.807, 2.05) is 29.8 Å². The third kappa shape index (κ3) is 5.44. The molecule has 0 unspecified atom stereocenters. The fourth-order valence-electron chi connectivity index (χ4n) is 4.93. The molecule has 1 aliphatic rings. The number of hydrogen-bond acceptors (Lipinski definition) is 7. The standard InChI is InChI=1S/C27H32ClFN8/c1-5-35-6-8-36(9-7-35)15-20-14-30-25(12-21(20)28)34-26-13-23(31-16-32-26)19-10-22(29)27-24(11-19)37(17(2)3)18(4)33-27/h10-14,16-17H,5-9,15H2,1-4H3,(H,30,31,32,34). The lowest BCUT2D eigenvalue weighted by molar-refractivity contribution is 0.132. The number of rotatable bonds is 7. The van der Waals surface area contributed by atoms with Crippen LogP contribution in [0.2, 0.25) is 5.02 Å². The molecule has 1 aromatic carbocycles. The van der Waals surface area contributed by atoms with Crippen LogP contribution in [-0.2, 0) is 6.54 Å². The normalized spacial score (nSPS) is 15.1. The van der Waals surface area contributed by atoms with Crippen LogP contribution >= 0.6 is 11.6 Å². The quantitative estimate of drug-likeness (QED) is 0.346. The number of aryl methyl sites for hydroxylation is 1. The molecule has 194 valence electrons. The predicted octanol–water partition coefficient (Wildman–Crippen LogP) is 5.45. The topological polar surface area (TPSA) is 75.0 Å². The van der Waals surface area contributed by atoms with E-state index in [1.165, 1.54) is 12.4 Å². The minimum atomic E-state index is -0.372. The summed E-state index contributed by atoms with van der Waals surface area (Å²) >= 11 is 6.61. The molecule has 4 aromatic rings. The van der Waals surface area contributed by atoms with Crippen molar-refractivity contribution in [3.63, 3.8) is 0 Å². The number of hydrogen-bond donors (Lipinski definition) is 1. The van der Waals surface area contributed by atoms with E-state index in [1.54, 1.807) is 6.07 Å². The van der Waals surface area contributed by atoms with E-state index in [2.05, 4.69) is 55.8 Å². The summed E-state index contributed by atoms with van der Waals surface area (Å²) in [6, 6.07) is 7.14. The van der Waals surface area contributed by atoms with Gasteiger partial charge >= 0.3 is 0 Å². The lowest BCUT2D eigenvalue weighted by atomic mass is 10.1. The second-order valence-electron chi connectivity index (χ2n) is 9.73. The number of halogens is 2. The van der Waals surface area contributed by atoms with Gasteiger partial charge in [-0.15, -0.1) is 0 Å². The van der Waals surface area contributed by atoms with Crippen LogP contribution in [0.3, 0.4) is 0 Å². The van der Waals surface area contributed by atoms with Crippen LogP contribution in [0, 0.1) is 12.7 Å². The third-order valence-corrected chi connectivity index (χ3v) is 7.25. The maximum atomic E-state index is 15.0. The molecule has 0 radical (unpaired) electrons. The van der Waals surface area contributed by atoms with Gasteiger partial charge in [-0.3, -0.25) is 4.90 Å². The zero-order valence-electron chi connectivity index (χ0n) is 21.7. The number of likely N-dealkylation sites (N-methyl/N-ethyl adjacent to an activating group) is 1. The van der Waals surface area contributed by atoms with Crippen molar-refractivity contribution in [1.82, 2.24) is 34.3 Å². The van der Waals surface area contributed by atoms with E-state index in [-0.39, 0.29) is 11.9 Å². The van der Waals surface area contributed by atoms with Crippen molar-refractivity contribution >= 4 is 34.3 Å². The fraction of sp³-hybridized carbons (Fsp3) is 0.407. The Bertz CT molecular complexity index is 1410. The molecular weight excluding hydrogens is 491 g/mol. The van der Waals surface area contributed by atoms with E-state index in [0.717, 1.165) is 56.2 Å². The van der Waals surface area contributed by atoms with Gasteiger partial charge in [0.25, 0.3) is 0 Å². The summed E-state index contributed by atoms with van der Waals surface area (Å²) in [5.41, 5.74) is 3.37. The predicted molar refractivity (Wildman–Crippen MR) is 146 cm³/mol. The molecule has 1 fully saturated rings. The zero-order chi connectivity index (χ0) is 26.1. The lowest BCUT2D eigenvalue weighted by Gasteiger charge is -2.34. The Kier molecular flexibility index (Phi) is 7.37. The van der Waals surface area contributed by atoms with Crippen molar-refractivity contribution in [1.29, 1.82) is 0 Å². The van der Waals surface area contributed by atoms with Gasteiger partial charge in [0.15, 0.2) is 5.82 Å². The van der Waals surface area contributed by atoms with Crippen molar-refractivity contribution in [3.8, 4) is 11.3 Å². The Balaban J connectivity index is 1.34. The third-order valence-electron chi connectivity index (χ3n) is 6.90. The van der Waals surface area contributed by atoms with Gasteiger partial charge in [0.2, 0.25) is 0 Å². The van der Waals surface area contributed by atoms with Crippen molar-refractivity contribution in [2.24, 2.45) is 0 Å². The van der Waals surface area contributed by atoms with Gasteiger partial charge in [0.1, 0.15) is 29.3 Å². The van der Waals surface area contributed by atoms with E-state index in [0.29, 0.717) is 33.4 Å². The summed E-state index contributed by atoms with van der Waals surface area (Å²) in [5.74, 6) is 1.54. The molecule has 5 rings (SSSR count). The maximum absolute atomic E-state index is 15.0. The fourth-order valence-corrected chi connectivity index (χ4v) is 5.14. The smallest absolute Gasteiger partial charge is 0.151 e. The van der Waals surface area contributed by atoms with Gasteiger partial charge in [-0.2, -0.15) is 0 Å². The van der Waals surface area contributed by atoms with Crippen molar-refractivity contribution < 1.29 is 4.39 Å². The van der Waals surface area contributed by atoms with Gasteiger partial charge in [-0.05, 0) is 45.5 Å². The first-order valence-corrected chi connectivity index (χ1v) is 13.1. The Hall–Kier alpha value is -3.14. The maximum Gasteiger partial charge on any atom is 0.151 e. The molecular formula is C27H32ClFN8. The molecule has 1 aliphatic heterocycles. The summed E-state index contributed by atoms with van der Waals surface area (Å²) in [4.78, 5) is 22.5. The van der Waals surface area contributed by atoms with Crippen LogP contribution in [0.1, 0.15) is 38.2 Å². The number of anilines is 2. The molecule has 0 saturated carbocycles. The highest BCUT2D eigenvalue weighted by atomic mass is 35.5. The van der Waals surface area contributed by atoms with E-state index in [4.69, 9.17) is 11.6 Å². The largest absolute Gasteiger partial charge is 0.326 e. The first-order chi connectivity index (χ1) is 17.8. The Morgan fingerprint density at radius 2 is 1.73 bits per heavy atom. The number of piperazine rings is 1. The number of benzene rings is 1. The van der Waals surface area contributed by atoms with Crippen LogP contribution in [0.15, 0.2) is 36.8 Å². The van der Waals surface area contributed by atoms with E-state index < -0.39 is 0 Å². The van der Waals surface area contributed by atoms with Gasteiger partial charge in [-0.1, -0.05) is 18.5 Å². The lowest BCUT2D eigenvalue weighted by Crippen LogP contribution is -2.45. The van der Waals surface area contributed by atoms with Gasteiger partial charge in [-0.25, -0.2) is 24.3 Å². The molecule has 0 atom stereocenters. The Morgan fingerprint density at radius 3 is 2.43 bits per heavy atom. The molecule has 0 spiro atoms. The Morgan fingerprint density at radius 1 is 1.00 bits per heavy atom. The highest BCUT2D eigenvalue weighted by Gasteiger charge is 2.18. The second kappa shape index (κ2) is 10.7. The first-order valence-electron chi connectivity index (χ1n) is 12.7. The summed E-state index contributed by atoms with van der Waals surface area (Å²) in [7, 11) is 0. The number of nitrogens with one attached hydrogen (secondary N) is 1. The second-order valence-corrected chi connectivity index (χ2v) is 10.1. The monoisotopic (exact) mass is 522 g/mol.